The predicted molar refractivity (Wildman–Crippen MR) is 82.7 cm³/mol. The van der Waals surface area contributed by atoms with Crippen LogP contribution in [0.1, 0.15) is 5.56 Å². The maximum absolute atomic E-state index is 8.43. The lowest BCUT2D eigenvalue weighted by Gasteiger charge is -2.08. The van der Waals surface area contributed by atoms with Gasteiger partial charge < -0.3 is 10.1 Å². The van der Waals surface area contributed by atoms with Crippen LogP contribution in [0.25, 0.3) is 0 Å². The number of nitrogens with zero attached hydrogens (tertiary/aromatic N) is 1. The van der Waals surface area contributed by atoms with Gasteiger partial charge in [-0.15, -0.1) is 0 Å². The van der Waals surface area contributed by atoms with Crippen molar-refractivity contribution < 1.29 is 4.74 Å². The van der Waals surface area contributed by atoms with Gasteiger partial charge in [-0.05, 0) is 55.5 Å². The summed E-state index contributed by atoms with van der Waals surface area (Å²) in [7, 11) is 0. The zero-order chi connectivity index (χ0) is 14.4. The van der Waals surface area contributed by atoms with Gasteiger partial charge >= 0.3 is 0 Å². The smallest absolute Gasteiger partial charge is 0.184 e. The van der Waals surface area contributed by atoms with Gasteiger partial charge in [-0.25, -0.2) is 0 Å². The first-order chi connectivity index (χ1) is 9.67. The summed E-state index contributed by atoms with van der Waals surface area (Å²) in [5.74, 6) is 1.52. The molecule has 0 aliphatic heterocycles. The van der Waals surface area contributed by atoms with Gasteiger partial charge in [-0.2, -0.15) is 5.26 Å². The molecule has 5 heteroatoms. The number of hydrogen-bond acceptors (Lipinski definition) is 3. The van der Waals surface area contributed by atoms with Crippen LogP contribution in [0.3, 0.4) is 0 Å². The van der Waals surface area contributed by atoms with Gasteiger partial charge in [0.05, 0.1) is 0 Å². The van der Waals surface area contributed by atoms with Crippen molar-refractivity contribution in [2.75, 3.05) is 5.32 Å². The van der Waals surface area contributed by atoms with E-state index in [0.717, 1.165) is 17.2 Å². The number of thiocarbonyl (C=S) groups is 1. The number of aryl methyl sites for hydroxylation is 1. The molecule has 0 aliphatic carbocycles. The molecule has 2 N–H and O–H groups in total. The highest BCUT2D eigenvalue weighted by molar-refractivity contribution is 7.80. The molecule has 0 bridgehead atoms. The monoisotopic (exact) mass is 283 g/mol. The topological polar surface area (TPSA) is 57.1 Å². The number of nitriles is 1. The Kier molecular flexibility index (Phi) is 4.53. The maximum Gasteiger partial charge on any atom is 0.184 e. The largest absolute Gasteiger partial charge is 0.457 e. The number of hydrogen-bond donors (Lipinski definition) is 2. The summed E-state index contributed by atoms with van der Waals surface area (Å²) in [5, 5.41) is 13.9. The second-order valence-electron chi connectivity index (χ2n) is 4.13. The fourth-order valence-corrected chi connectivity index (χ4v) is 1.73. The van der Waals surface area contributed by atoms with Crippen molar-refractivity contribution in [3.8, 4) is 17.7 Å². The van der Waals surface area contributed by atoms with Crippen LogP contribution in [0.5, 0.6) is 11.5 Å². The fourth-order valence-electron chi connectivity index (χ4n) is 1.56. The molecule has 2 aromatic carbocycles. The molecular formula is C15H13N3OS. The lowest BCUT2D eigenvalue weighted by atomic mass is 10.2. The van der Waals surface area contributed by atoms with Crippen molar-refractivity contribution in [1.82, 2.24) is 5.32 Å². The highest BCUT2D eigenvalue weighted by Crippen LogP contribution is 2.23. The van der Waals surface area contributed by atoms with E-state index in [0.29, 0.717) is 0 Å². The molecular weight excluding hydrogens is 270 g/mol. The Hall–Kier alpha value is -2.58. The van der Waals surface area contributed by atoms with Gasteiger partial charge in [0.25, 0.3) is 0 Å². The molecule has 2 aromatic rings. The lowest BCUT2D eigenvalue weighted by Crippen LogP contribution is -2.23. The van der Waals surface area contributed by atoms with E-state index in [4.69, 9.17) is 22.2 Å². The van der Waals surface area contributed by atoms with Crippen LogP contribution in [0, 0.1) is 18.4 Å². The second kappa shape index (κ2) is 6.55. The van der Waals surface area contributed by atoms with Gasteiger partial charge in [-0.1, -0.05) is 17.7 Å². The quantitative estimate of drug-likeness (QED) is 0.512. The number of benzene rings is 2. The molecule has 0 atom stereocenters. The van der Waals surface area contributed by atoms with Crippen LogP contribution < -0.4 is 15.4 Å². The molecule has 0 aromatic heterocycles. The molecule has 0 aliphatic rings. The molecule has 0 unspecified atom stereocenters. The van der Waals surface area contributed by atoms with Gasteiger partial charge in [0.1, 0.15) is 11.5 Å². The van der Waals surface area contributed by atoms with Crippen molar-refractivity contribution >= 4 is 23.0 Å². The lowest BCUT2D eigenvalue weighted by molar-refractivity contribution is 0.482. The van der Waals surface area contributed by atoms with E-state index >= 15 is 0 Å². The van der Waals surface area contributed by atoms with Crippen molar-refractivity contribution in [3.63, 3.8) is 0 Å². The van der Waals surface area contributed by atoms with Gasteiger partial charge in [0, 0.05) is 5.69 Å². The van der Waals surface area contributed by atoms with E-state index in [2.05, 4.69) is 10.6 Å². The highest BCUT2D eigenvalue weighted by atomic mass is 32.1. The molecule has 0 fully saturated rings. The molecule has 0 saturated carbocycles. The van der Waals surface area contributed by atoms with Crippen molar-refractivity contribution in [3.05, 3.63) is 54.1 Å². The number of nitrogens with one attached hydrogen (secondary N) is 2. The summed E-state index contributed by atoms with van der Waals surface area (Å²) in [6.45, 7) is 2.03. The molecule has 0 amide bonds. The van der Waals surface area contributed by atoms with Gasteiger partial charge in [0.2, 0.25) is 0 Å². The van der Waals surface area contributed by atoms with Crippen LogP contribution in [-0.2, 0) is 0 Å². The number of rotatable bonds is 3. The summed E-state index contributed by atoms with van der Waals surface area (Å²) < 4.78 is 5.71. The Morgan fingerprint density at radius 1 is 1.05 bits per heavy atom. The Morgan fingerprint density at radius 2 is 1.60 bits per heavy atom. The van der Waals surface area contributed by atoms with E-state index < -0.39 is 0 Å². The Balaban J connectivity index is 1.99. The maximum atomic E-state index is 8.43. The Labute approximate surface area is 123 Å². The first kappa shape index (κ1) is 13.8. The first-order valence-corrected chi connectivity index (χ1v) is 6.39. The molecule has 0 radical (unpaired) electrons. The van der Waals surface area contributed by atoms with E-state index in [1.54, 1.807) is 6.19 Å². The Morgan fingerprint density at radius 3 is 2.15 bits per heavy atom. The fraction of sp³-hybridized carbons (Fsp3) is 0.0667. The second-order valence-corrected chi connectivity index (χ2v) is 4.54. The first-order valence-electron chi connectivity index (χ1n) is 5.98. The molecule has 20 heavy (non-hydrogen) atoms. The number of ether oxygens (including phenoxy) is 1. The third-order valence-electron chi connectivity index (χ3n) is 2.54. The van der Waals surface area contributed by atoms with Crippen LogP contribution >= 0.6 is 12.2 Å². The van der Waals surface area contributed by atoms with E-state index in [-0.39, 0.29) is 5.11 Å². The van der Waals surface area contributed by atoms with Crippen molar-refractivity contribution in [2.45, 2.75) is 6.92 Å². The average Bonchev–Trinajstić information content (AvgIpc) is 2.44. The third kappa shape index (κ3) is 3.97. The Bertz CT molecular complexity index is 630. The minimum absolute atomic E-state index is 0.264. The molecule has 100 valence electrons. The van der Waals surface area contributed by atoms with Crippen LogP contribution in [0.4, 0.5) is 5.69 Å². The van der Waals surface area contributed by atoms with Gasteiger partial charge in [-0.3, -0.25) is 5.32 Å². The summed E-state index contributed by atoms with van der Waals surface area (Å²) in [6.07, 6.45) is 1.76. The van der Waals surface area contributed by atoms with Crippen LogP contribution in [0.2, 0.25) is 0 Å². The standard InChI is InChI=1S/C15H13N3OS/c1-11-2-6-13(7-3-11)19-14-8-4-12(5-9-14)18-15(20)17-10-16/h2-9H,1H3,(H2,17,18,20). The van der Waals surface area contributed by atoms with E-state index in [1.165, 1.54) is 5.56 Å². The molecule has 0 saturated heterocycles. The minimum atomic E-state index is 0.264. The zero-order valence-electron chi connectivity index (χ0n) is 10.9. The average molecular weight is 283 g/mol. The minimum Gasteiger partial charge on any atom is -0.457 e. The van der Waals surface area contributed by atoms with Gasteiger partial charge in [0.15, 0.2) is 11.3 Å². The van der Waals surface area contributed by atoms with Crippen molar-refractivity contribution in [1.29, 1.82) is 5.26 Å². The number of anilines is 1. The van der Waals surface area contributed by atoms with Crippen LogP contribution in [0.15, 0.2) is 48.5 Å². The summed E-state index contributed by atoms with van der Waals surface area (Å²) in [6, 6.07) is 15.2. The van der Waals surface area contributed by atoms with E-state index in [1.807, 2.05) is 55.5 Å². The third-order valence-corrected chi connectivity index (χ3v) is 2.74. The molecule has 4 nitrogen and oxygen atoms in total. The normalized spacial score (nSPS) is 9.40. The molecule has 0 spiro atoms. The summed E-state index contributed by atoms with van der Waals surface area (Å²) in [4.78, 5) is 0. The SMILES string of the molecule is Cc1ccc(Oc2ccc(NC(=S)NC#N)cc2)cc1. The molecule has 0 heterocycles. The zero-order valence-corrected chi connectivity index (χ0v) is 11.7. The highest BCUT2D eigenvalue weighted by Gasteiger charge is 1.99. The van der Waals surface area contributed by atoms with E-state index in [9.17, 15) is 0 Å². The van der Waals surface area contributed by atoms with Crippen molar-refractivity contribution in [2.24, 2.45) is 0 Å². The predicted octanol–water partition coefficient (Wildman–Crippen LogP) is 3.55. The summed E-state index contributed by atoms with van der Waals surface area (Å²) in [5.41, 5.74) is 1.98. The van der Waals surface area contributed by atoms with Crippen LogP contribution in [-0.4, -0.2) is 5.11 Å². The summed E-state index contributed by atoms with van der Waals surface area (Å²) >= 11 is 4.91. The molecule has 2 rings (SSSR count).